The fourth-order valence-electron chi connectivity index (χ4n) is 2.55. The van der Waals surface area contributed by atoms with Crippen molar-refractivity contribution in [2.75, 3.05) is 11.2 Å². The van der Waals surface area contributed by atoms with Crippen molar-refractivity contribution < 1.29 is 8.42 Å². The second kappa shape index (κ2) is 7.02. The molecule has 9 heteroatoms. The Kier molecular flexibility index (Phi) is 5.09. The summed E-state index contributed by atoms with van der Waals surface area (Å²) in [6.07, 6.45) is 1.31. The molecule has 0 atom stereocenters. The molecule has 0 spiro atoms. The summed E-state index contributed by atoms with van der Waals surface area (Å²) in [5, 5.41) is 0.761. The number of rotatable bonds is 4. The summed E-state index contributed by atoms with van der Waals surface area (Å²) < 4.78 is 26.5. The summed E-state index contributed by atoms with van der Waals surface area (Å²) in [5.41, 5.74) is 4.12. The van der Waals surface area contributed by atoms with Crippen LogP contribution < -0.4 is 11.0 Å². The van der Waals surface area contributed by atoms with Crippen LogP contribution in [0.3, 0.4) is 0 Å². The van der Waals surface area contributed by atoms with E-state index in [4.69, 9.17) is 11.6 Å². The van der Waals surface area contributed by atoms with E-state index in [9.17, 15) is 13.2 Å². The lowest BCUT2D eigenvalue weighted by atomic mass is 10.2. The quantitative estimate of drug-likeness (QED) is 0.646. The standard InChI is InChI=1S/C17H15BrClN3O3S/c1-3-26(24,25)15-5-4-11(19)8-14(15)21-22-9-20-16-12(17(22)23)6-10(2)7-13(16)18/h4-9,21H,3H2,1-2H3. The number of nitrogens with zero attached hydrogens (tertiary/aromatic N) is 2. The van der Waals surface area contributed by atoms with Crippen molar-refractivity contribution in [1.82, 2.24) is 9.66 Å². The molecule has 0 saturated carbocycles. The minimum atomic E-state index is -3.50. The fraction of sp³-hybridized carbons (Fsp3) is 0.176. The smallest absolute Gasteiger partial charge is 0.280 e. The highest BCUT2D eigenvalue weighted by atomic mass is 79.9. The lowest BCUT2D eigenvalue weighted by Gasteiger charge is -2.14. The average molecular weight is 457 g/mol. The number of nitrogens with one attached hydrogen (secondary N) is 1. The SMILES string of the molecule is CCS(=O)(=O)c1ccc(Cl)cc1Nn1cnc2c(Br)cc(C)cc2c1=O. The summed E-state index contributed by atoms with van der Waals surface area (Å²) in [7, 11) is -3.50. The van der Waals surface area contributed by atoms with Crippen LogP contribution in [0.1, 0.15) is 12.5 Å². The molecule has 1 heterocycles. The first kappa shape index (κ1) is 18.9. The Morgan fingerprint density at radius 2 is 2.00 bits per heavy atom. The Hall–Kier alpha value is -1.90. The van der Waals surface area contributed by atoms with Gasteiger partial charge in [-0.05, 0) is 58.7 Å². The van der Waals surface area contributed by atoms with Crippen LogP contribution in [0.4, 0.5) is 5.69 Å². The molecule has 0 aliphatic heterocycles. The van der Waals surface area contributed by atoms with E-state index < -0.39 is 9.84 Å². The summed E-state index contributed by atoms with van der Waals surface area (Å²) in [4.78, 5) is 17.2. The Morgan fingerprint density at radius 3 is 2.69 bits per heavy atom. The first-order valence-electron chi connectivity index (χ1n) is 7.70. The third-order valence-corrected chi connectivity index (χ3v) is 6.48. The second-order valence-corrected chi connectivity index (χ2v) is 9.26. The number of aryl methyl sites for hydroxylation is 1. The molecule has 1 aromatic heterocycles. The Balaban J connectivity index is 2.18. The molecule has 0 aliphatic carbocycles. The van der Waals surface area contributed by atoms with Gasteiger partial charge in [-0.3, -0.25) is 10.2 Å². The Labute approximate surface area is 163 Å². The third kappa shape index (κ3) is 3.49. The second-order valence-electron chi connectivity index (χ2n) is 5.72. The predicted molar refractivity (Wildman–Crippen MR) is 107 cm³/mol. The molecular formula is C17H15BrClN3O3S. The van der Waals surface area contributed by atoms with Crippen LogP contribution in [0.2, 0.25) is 5.02 Å². The minimum absolute atomic E-state index is 0.0691. The van der Waals surface area contributed by atoms with Gasteiger partial charge in [0.25, 0.3) is 5.56 Å². The number of sulfone groups is 1. The van der Waals surface area contributed by atoms with Gasteiger partial charge in [0, 0.05) is 9.50 Å². The van der Waals surface area contributed by atoms with Crippen molar-refractivity contribution in [2.45, 2.75) is 18.7 Å². The minimum Gasteiger partial charge on any atom is -0.289 e. The van der Waals surface area contributed by atoms with Gasteiger partial charge in [0.2, 0.25) is 0 Å². The van der Waals surface area contributed by atoms with Crippen molar-refractivity contribution in [3.05, 3.63) is 62.1 Å². The molecular weight excluding hydrogens is 442 g/mol. The van der Waals surface area contributed by atoms with Crippen LogP contribution in [-0.2, 0) is 9.84 Å². The van der Waals surface area contributed by atoms with Crippen LogP contribution in [-0.4, -0.2) is 23.8 Å². The van der Waals surface area contributed by atoms with Crippen molar-refractivity contribution in [3.8, 4) is 0 Å². The van der Waals surface area contributed by atoms with Gasteiger partial charge in [0.15, 0.2) is 9.84 Å². The van der Waals surface area contributed by atoms with Crippen molar-refractivity contribution >= 4 is 54.0 Å². The van der Waals surface area contributed by atoms with Gasteiger partial charge in [-0.25, -0.2) is 18.1 Å². The predicted octanol–water partition coefficient (Wildman–Crippen LogP) is 3.79. The molecule has 0 radical (unpaired) electrons. The number of anilines is 1. The zero-order chi connectivity index (χ0) is 19.1. The molecule has 2 aromatic carbocycles. The average Bonchev–Trinajstić information content (AvgIpc) is 2.57. The number of aromatic nitrogens is 2. The molecule has 0 fully saturated rings. The topological polar surface area (TPSA) is 81.1 Å². The van der Waals surface area contributed by atoms with Crippen LogP contribution in [0, 0.1) is 6.92 Å². The first-order chi connectivity index (χ1) is 12.2. The normalized spacial score (nSPS) is 11.7. The maximum atomic E-state index is 12.8. The third-order valence-electron chi connectivity index (χ3n) is 3.86. The first-order valence-corrected chi connectivity index (χ1v) is 10.5. The lowest BCUT2D eigenvalue weighted by Crippen LogP contribution is -2.27. The van der Waals surface area contributed by atoms with Gasteiger partial charge in [-0.2, -0.15) is 0 Å². The fourth-order valence-corrected chi connectivity index (χ4v) is 4.43. The van der Waals surface area contributed by atoms with E-state index in [0.29, 0.717) is 20.4 Å². The van der Waals surface area contributed by atoms with Crippen molar-refractivity contribution in [1.29, 1.82) is 0 Å². The van der Waals surface area contributed by atoms with Gasteiger partial charge >= 0.3 is 0 Å². The molecule has 26 heavy (non-hydrogen) atoms. The number of fused-ring (bicyclic) bond motifs is 1. The van der Waals surface area contributed by atoms with E-state index in [1.807, 2.05) is 13.0 Å². The highest BCUT2D eigenvalue weighted by Crippen LogP contribution is 2.26. The molecule has 0 saturated heterocycles. The van der Waals surface area contributed by atoms with E-state index in [1.54, 1.807) is 13.0 Å². The van der Waals surface area contributed by atoms with E-state index in [0.717, 1.165) is 10.2 Å². The Morgan fingerprint density at radius 1 is 1.27 bits per heavy atom. The van der Waals surface area contributed by atoms with Crippen LogP contribution in [0.15, 0.2) is 50.8 Å². The highest BCUT2D eigenvalue weighted by molar-refractivity contribution is 9.10. The van der Waals surface area contributed by atoms with Crippen LogP contribution in [0.5, 0.6) is 0 Å². The molecule has 6 nitrogen and oxygen atoms in total. The van der Waals surface area contributed by atoms with E-state index >= 15 is 0 Å². The molecule has 3 aromatic rings. The molecule has 0 unspecified atom stereocenters. The number of hydrogen-bond acceptors (Lipinski definition) is 5. The summed E-state index contributed by atoms with van der Waals surface area (Å²) in [5.74, 6) is -0.0691. The number of hydrogen-bond donors (Lipinski definition) is 1. The van der Waals surface area contributed by atoms with E-state index in [2.05, 4.69) is 26.3 Å². The van der Waals surface area contributed by atoms with Crippen LogP contribution in [0.25, 0.3) is 10.9 Å². The Bertz CT molecular complexity index is 1180. The highest BCUT2D eigenvalue weighted by Gasteiger charge is 2.18. The summed E-state index contributed by atoms with van der Waals surface area (Å²) in [6, 6.07) is 7.98. The molecule has 136 valence electrons. The molecule has 0 amide bonds. The van der Waals surface area contributed by atoms with Crippen LogP contribution >= 0.6 is 27.5 Å². The largest absolute Gasteiger partial charge is 0.289 e. The van der Waals surface area contributed by atoms with Gasteiger partial charge in [0.1, 0.15) is 6.33 Å². The molecule has 0 bridgehead atoms. The zero-order valence-electron chi connectivity index (χ0n) is 14.0. The maximum Gasteiger partial charge on any atom is 0.280 e. The van der Waals surface area contributed by atoms with Gasteiger partial charge < -0.3 is 0 Å². The summed E-state index contributed by atoms with van der Waals surface area (Å²) in [6.45, 7) is 3.43. The summed E-state index contributed by atoms with van der Waals surface area (Å²) >= 11 is 9.41. The van der Waals surface area contributed by atoms with Gasteiger partial charge in [-0.15, -0.1) is 0 Å². The van der Waals surface area contributed by atoms with Crippen molar-refractivity contribution in [3.63, 3.8) is 0 Å². The van der Waals surface area contributed by atoms with Crippen molar-refractivity contribution in [2.24, 2.45) is 0 Å². The molecule has 1 N–H and O–H groups in total. The van der Waals surface area contributed by atoms with E-state index in [1.165, 1.54) is 24.5 Å². The maximum absolute atomic E-state index is 12.8. The monoisotopic (exact) mass is 455 g/mol. The molecule has 3 rings (SSSR count). The molecule has 0 aliphatic rings. The number of benzene rings is 2. The van der Waals surface area contributed by atoms with Gasteiger partial charge in [-0.1, -0.05) is 18.5 Å². The lowest BCUT2D eigenvalue weighted by molar-refractivity contribution is 0.597. The zero-order valence-corrected chi connectivity index (χ0v) is 17.1. The van der Waals surface area contributed by atoms with Gasteiger partial charge in [0.05, 0.1) is 27.2 Å². The van der Waals surface area contributed by atoms with E-state index in [-0.39, 0.29) is 21.9 Å². The number of halogens is 2.